The van der Waals surface area contributed by atoms with Crippen molar-refractivity contribution in [3.63, 3.8) is 0 Å². The lowest BCUT2D eigenvalue weighted by molar-refractivity contribution is 0.701. The zero-order valence-corrected chi connectivity index (χ0v) is 11.1. The monoisotopic (exact) mass is 261 g/mol. The molecule has 0 amide bonds. The highest BCUT2D eigenvalue weighted by Gasteiger charge is 2.24. The van der Waals surface area contributed by atoms with E-state index < -0.39 is 0 Å². The second kappa shape index (κ2) is 4.65. The van der Waals surface area contributed by atoms with Gasteiger partial charge in [0.2, 0.25) is 0 Å². The standard InChI is InChI=1S/C14H16ClN3/c1-10-2-3-11(15)6-14(10)17-8-13-7-16-9-18(13)12-4-5-12/h2-3,6-7,9,12,17H,4-5,8H2,1H3. The third-order valence-electron chi connectivity index (χ3n) is 3.35. The number of benzene rings is 1. The molecule has 18 heavy (non-hydrogen) atoms. The van der Waals surface area contributed by atoms with Gasteiger partial charge >= 0.3 is 0 Å². The molecule has 4 heteroatoms. The van der Waals surface area contributed by atoms with Gasteiger partial charge in [0.15, 0.2) is 0 Å². The molecule has 0 unspecified atom stereocenters. The number of anilines is 1. The first-order valence-electron chi connectivity index (χ1n) is 6.25. The first kappa shape index (κ1) is 11.6. The summed E-state index contributed by atoms with van der Waals surface area (Å²) >= 11 is 6.01. The van der Waals surface area contributed by atoms with Crippen molar-refractivity contribution in [2.75, 3.05) is 5.32 Å². The van der Waals surface area contributed by atoms with E-state index in [-0.39, 0.29) is 0 Å². The Bertz CT molecular complexity index is 558. The van der Waals surface area contributed by atoms with Crippen LogP contribution in [0.25, 0.3) is 0 Å². The molecule has 2 aromatic rings. The number of halogens is 1. The smallest absolute Gasteiger partial charge is 0.0951 e. The number of hydrogen-bond donors (Lipinski definition) is 1. The van der Waals surface area contributed by atoms with Gasteiger partial charge in [0.25, 0.3) is 0 Å². The summed E-state index contributed by atoms with van der Waals surface area (Å²) in [4.78, 5) is 4.23. The minimum Gasteiger partial charge on any atom is -0.379 e. The molecule has 0 spiro atoms. The van der Waals surface area contributed by atoms with Crippen LogP contribution in [0.2, 0.25) is 5.02 Å². The summed E-state index contributed by atoms with van der Waals surface area (Å²) < 4.78 is 2.27. The Morgan fingerprint density at radius 1 is 1.44 bits per heavy atom. The van der Waals surface area contributed by atoms with Gasteiger partial charge in [-0.05, 0) is 37.5 Å². The van der Waals surface area contributed by atoms with Crippen molar-refractivity contribution in [1.29, 1.82) is 0 Å². The van der Waals surface area contributed by atoms with E-state index in [9.17, 15) is 0 Å². The summed E-state index contributed by atoms with van der Waals surface area (Å²) in [5.41, 5.74) is 3.53. The quantitative estimate of drug-likeness (QED) is 0.907. The topological polar surface area (TPSA) is 29.9 Å². The molecule has 1 aromatic heterocycles. The average Bonchev–Trinajstić information content (AvgIpc) is 3.10. The van der Waals surface area contributed by atoms with Gasteiger partial charge in [-0.3, -0.25) is 0 Å². The van der Waals surface area contributed by atoms with E-state index in [2.05, 4.69) is 21.8 Å². The molecule has 0 radical (unpaired) electrons. The Morgan fingerprint density at radius 2 is 2.28 bits per heavy atom. The van der Waals surface area contributed by atoms with Crippen LogP contribution in [-0.2, 0) is 6.54 Å². The molecule has 1 aliphatic carbocycles. The zero-order valence-electron chi connectivity index (χ0n) is 10.4. The average molecular weight is 262 g/mol. The molecular formula is C14H16ClN3. The molecule has 1 heterocycles. The molecule has 0 saturated heterocycles. The van der Waals surface area contributed by atoms with Gasteiger partial charge < -0.3 is 9.88 Å². The van der Waals surface area contributed by atoms with E-state index in [0.717, 1.165) is 17.3 Å². The number of aryl methyl sites for hydroxylation is 1. The van der Waals surface area contributed by atoms with Gasteiger partial charge in [0.1, 0.15) is 0 Å². The van der Waals surface area contributed by atoms with Gasteiger partial charge in [-0.1, -0.05) is 17.7 Å². The minimum atomic E-state index is 0.671. The summed E-state index contributed by atoms with van der Waals surface area (Å²) in [6.07, 6.45) is 6.42. The second-order valence-corrected chi connectivity index (χ2v) is 5.27. The number of nitrogens with one attached hydrogen (secondary N) is 1. The highest BCUT2D eigenvalue weighted by atomic mass is 35.5. The molecule has 0 bridgehead atoms. The van der Waals surface area contributed by atoms with Crippen molar-refractivity contribution in [2.45, 2.75) is 32.4 Å². The van der Waals surface area contributed by atoms with E-state index in [1.165, 1.54) is 24.1 Å². The molecule has 0 aliphatic heterocycles. The lowest BCUT2D eigenvalue weighted by Crippen LogP contribution is -2.06. The Kier molecular flexibility index (Phi) is 3.00. The molecule has 1 aliphatic rings. The van der Waals surface area contributed by atoms with Crippen LogP contribution in [0.5, 0.6) is 0 Å². The van der Waals surface area contributed by atoms with Gasteiger partial charge in [-0.2, -0.15) is 0 Å². The molecular weight excluding hydrogens is 246 g/mol. The van der Waals surface area contributed by atoms with Crippen molar-refractivity contribution < 1.29 is 0 Å². The third kappa shape index (κ3) is 2.36. The summed E-state index contributed by atoms with van der Waals surface area (Å²) in [5, 5.41) is 4.20. The summed E-state index contributed by atoms with van der Waals surface area (Å²) in [6.45, 7) is 2.87. The van der Waals surface area contributed by atoms with Crippen molar-refractivity contribution in [3.05, 3.63) is 47.0 Å². The van der Waals surface area contributed by atoms with Crippen molar-refractivity contribution >= 4 is 17.3 Å². The fourth-order valence-corrected chi connectivity index (χ4v) is 2.29. The maximum absolute atomic E-state index is 6.01. The van der Waals surface area contributed by atoms with E-state index >= 15 is 0 Å². The molecule has 0 atom stereocenters. The first-order chi connectivity index (χ1) is 8.74. The first-order valence-corrected chi connectivity index (χ1v) is 6.62. The Hall–Kier alpha value is -1.48. The molecule has 1 saturated carbocycles. The summed E-state index contributed by atoms with van der Waals surface area (Å²) in [5.74, 6) is 0. The number of imidazole rings is 1. The lowest BCUT2D eigenvalue weighted by atomic mass is 10.2. The van der Waals surface area contributed by atoms with Crippen LogP contribution < -0.4 is 5.32 Å². The summed E-state index contributed by atoms with van der Waals surface area (Å²) in [7, 11) is 0. The zero-order chi connectivity index (χ0) is 12.5. The van der Waals surface area contributed by atoms with Gasteiger partial charge in [0, 0.05) is 22.9 Å². The maximum atomic E-state index is 6.01. The van der Waals surface area contributed by atoms with Crippen LogP contribution >= 0.6 is 11.6 Å². The van der Waals surface area contributed by atoms with Gasteiger partial charge in [0.05, 0.1) is 18.6 Å². The van der Waals surface area contributed by atoms with E-state index in [0.29, 0.717) is 6.04 Å². The third-order valence-corrected chi connectivity index (χ3v) is 3.58. The van der Waals surface area contributed by atoms with Gasteiger partial charge in [-0.25, -0.2) is 4.98 Å². The van der Waals surface area contributed by atoms with Crippen LogP contribution in [0.4, 0.5) is 5.69 Å². The van der Waals surface area contributed by atoms with Crippen LogP contribution in [-0.4, -0.2) is 9.55 Å². The van der Waals surface area contributed by atoms with Crippen LogP contribution in [0.3, 0.4) is 0 Å². The largest absolute Gasteiger partial charge is 0.379 e. The number of rotatable bonds is 4. The van der Waals surface area contributed by atoms with Crippen molar-refractivity contribution in [1.82, 2.24) is 9.55 Å². The fourth-order valence-electron chi connectivity index (χ4n) is 2.12. The number of hydrogen-bond acceptors (Lipinski definition) is 2. The molecule has 1 aromatic carbocycles. The molecule has 1 fully saturated rings. The summed E-state index contributed by atoms with van der Waals surface area (Å²) in [6, 6.07) is 6.58. The maximum Gasteiger partial charge on any atom is 0.0951 e. The molecule has 3 rings (SSSR count). The van der Waals surface area contributed by atoms with Crippen LogP contribution in [0.15, 0.2) is 30.7 Å². The minimum absolute atomic E-state index is 0.671. The molecule has 94 valence electrons. The van der Waals surface area contributed by atoms with Crippen molar-refractivity contribution in [2.24, 2.45) is 0 Å². The normalized spacial score (nSPS) is 14.8. The predicted octanol–water partition coefficient (Wildman–Crippen LogP) is 3.79. The molecule has 3 nitrogen and oxygen atoms in total. The number of aromatic nitrogens is 2. The Balaban J connectivity index is 1.73. The SMILES string of the molecule is Cc1ccc(Cl)cc1NCc1cncn1C1CC1. The fraction of sp³-hybridized carbons (Fsp3) is 0.357. The highest BCUT2D eigenvalue weighted by Crippen LogP contribution is 2.35. The predicted molar refractivity (Wildman–Crippen MR) is 74.0 cm³/mol. The Morgan fingerprint density at radius 3 is 3.06 bits per heavy atom. The van der Waals surface area contributed by atoms with Gasteiger partial charge in [-0.15, -0.1) is 0 Å². The van der Waals surface area contributed by atoms with E-state index in [1.807, 2.05) is 30.7 Å². The highest BCUT2D eigenvalue weighted by molar-refractivity contribution is 6.30. The Labute approximate surface area is 112 Å². The van der Waals surface area contributed by atoms with E-state index in [4.69, 9.17) is 11.6 Å². The van der Waals surface area contributed by atoms with Crippen molar-refractivity contribution in [3.8, 4) is 0 Å². The number of nitrogens with zero attached hydrogens (tertiary/aromatic N) is 2. The van der Waals surface area contributed by atoms with E-state index in [1.54, 1.807) is 0 Å². The van der Waals surface area contributed by atoms with Crippen LogP contribution in [0.1, 0.15) is 30.1 Å². The molecule has 1 N–H and O–H groups in total. The van der Waals surface area contributed by atoms with Crippen LogP contribution in [0, 0.1) is 6.92 Å². The lowest BCUT2D eigenvalue weighted by Gasteiger charge is -2.11. The second-order valence-electron chi connectivity index (χ2n) is 4.84.